The number of hydrogen-bond acceptors (Lipinski definition) is 4. The number of rotatable bonds is 7. The van der Waals surface area contributed by atoms with E-state index in [0.717, 1.165) is 0 Å². The van der Waals surface area contributed by atoms with Crippen molar-refractivity contribution >= 4 is 35.2 Å². The molecule has 7 nitrogen and oxygen atoms in total. The maximum absolute atomic E-state index is 12.3. The van der Waals surface area contributed by atoms with E-state index in [0.29, 0.717) is 43.2 Å². The summed E-state index contributed by atoms with van der Waals surface area (Å²) in [6, 6.07) is 6.94. The third-order valence-electron chi connectivity index (χ3n) is 4.58. The first kappa shape index (κ1) is 22.0. The van der Waals surface area contributed by atoms with Crippen LogP contribution in [0, 0.1) is 5.92 Å². The van der Waals surface area contributed by atoms with Crippen LogP contribution in [0.2, 0.25) is 5.02 Å². The molecule has 1 aliphatic heterocycles. The lowest BCUT2D eigenvalue weighted by atomic mass is 10.0. The molecule has 1 aromatic rings. The molecule has 3 amide bonds. The number of carbonyl (C=O) groups is 3. The van der Waals surface area contributed by atoms with Gasteiger partial charge in [0.15, 0.2) is 0 Å². The van der Waals surface area contributed by atoms with Crippen molar-refractivity contribution < 1.29 is 19.1 Å². The van der Waals surface area contributed by atoms with E-state index in [1.54, 1.807) is 36.1 Å². The summed E-state index contributed by atoms with van der Waals surface area (Å²) >= 11 is 5.82. The normalized spacial score (nSPS) is 15.6. The standard InChI is InChI=1S/C20H28ClN3O4/c1-3-28-20(27)24-10-8-17(9-11-24)23-19(26)13-14(2)12-18(25)22-16-6-4-15(21)5-7-16/h4-7,14,17H,3,8-13H2,1-2H3,(H,22,25)(H,23,26)/t14-/m1/s1. The summed E-state index contributed by atoms with van der Waals surface area (Å²) in [5, 5.41) is 6.42. The summed E-state index contributed by atoms with van der Waals surface area (Å²) in [5.74, 6) is -0.279. The first-order valence-corrected chi connectivity index (χ1v) is 10.0. The first-order valence-electron chi connectivity index (χ1n) is 9.63. The molecule has 0 spiro atoms. The van der Waals surface area contributed by atoms with E-state index in [2.05, 4.69) is 10.6 Å². The number of piperidine rings is 1. The quantitative estimate of drug-likeness (QED) is 0.722. The molecule has 1 fully saturated rings. The minimum atomic E-state index is -0.299. The molecule has 1 atom stereocenters. The second kappa shape index (κ2) is 10.9. The minimum Gasteiger partial charge on any atom is -0.450 e. The van der Waals surface area contributed by atoms with E-state index < -0.39 is 0 Å². The van der Waals surface area contributed by atoms with Gasteiger partial charge >= 0.3 is 6.09 Å². The van der Waals surface area contributed by atoms with Gasteiger partial charge in [-0.1, -0.05) is 18.5 Å². The monoisotopic (exact) mass is 409 g/mol. The molecule has 2 rings (SSSR count). The molecule has 1 saturated heterocycles. The second-order valence-electron chi connectivity index (χ2n) is 7.10. The van der Waals surface area contributed by atoms with Gasteiger partial charge in [-0.2, -0.15) is 0 Å². The number of anilines is 1. The van der Waals surface area contributed by atoms with E-state index in [1.165, 1.54) is 0 Å². The van der Waals surface area contributed by atoms with Crippen LogP contribution >= 0.6 is 11.6 Å². The highest BCUT2D eigenvalue weighted by atomic mass is 35.5. The number of nitrogens with zero attached hydrogens (tertiary/aromatic N) is 1. The predicted octanol–water partition coefficient (Wildman–Crippen LogP) is 3.43. The van der Waals surface area contributed by atoms with Crippen LogP contribution < -0.4 is 10.6 Å². The molecule has 0 aromatic heterocycles. The fraction of sp³-hybridized carbons (Fsp3) is 0.550. The molecule has 1 aromatic carbocycles. The lowest BCUT2D eigenvalue weighted by Crippen LogP contribution is -2.46. The molecule has 0 unspecified atom stereocenters. The summed E-state index contributed by atoms with van der Waals surface area (Å²) in [6.07, 6.45) is 1.66. The number of hydrogen-bond donors (Lipinski definition) is 2. The van der Waals surface area contributed by atoms with Gasteiger partial charge in [0.05, 0.1) is 6.61 Å². The Morgan fingerprint density at radius 1 is 1.14 bits per heavy atom. The third kappa shape index (κ3) is 7.38. The molecule has 0 aliphatic carbocycles. The van der Waals surface area contributed by atoms with Crippen LogP contribution in [-0.2, 0) is 14.3 Å². The highest BCUT2D eigenvalue weighted by Gasteiger charge is 2.25. The van der Waals surface area contributed by atoms with E-state index in [9.17, 15) is 14.4 Å². The molecule has 28 heavy (non-hydrogen) atoms. The maximum atomic E-state index is 12.3. The summed E-state index contributed by atoms with van der Waals surface area (Å²) < 4.78 is 4.99. The number of carbonyl (C=O) groups excluding carboxylic acids is 3. The summed E-state index contributed by atoms with van der Waals surface area (Å²) in [7, 11) is 0. The summed E-state index contributed by atoms with van der Waals surface area (Å²) in [4.78, 5) is 37.7. The Bertz CT molecular complexity index is 673. The van der Waals surface area contributed by atoms with Crippen LogP contribution in [0.4, 0.5) is 10.5 Å². The van der Waals surface area contributed by atoms with Gasteiger partial charge in [0.2, 0.25) is 11.8 Å². The van der Waals surface area contributed by atoms with Crippen molar-refractivity contribution in [2.45, 2.75) is 45.6 Å². The van der Waals surface area contributed by atoms with Crippen molar-refractivity contribution in [2.24, 2.45) is 5.92 Å². The predicted molar refractivity (Wildman–Crippen MR) is 108 cm³/mol. The molecule has 8 heteroatoms. The van der Waals surface area contributed by atoms with Gasteiger partial charge in [0.1, 0.15) is 0 Å². The highest BCUT2D eigenvalue weighted by Crippen LogP contribution is 2.16. The fourth-order valence-corrected chi connectivity index (χ4v) is 3.28. The van der Waals surface area contributed by atoms with Crippen molar-refractivity contribution in [3.63, 3.8) is 0 Å². The van der Waals surface area contributed by atoms with Gasteiger partial charge in [-0.25, -0.2) is 4.79 Å². The molecule has 1 heterocycles. The van der Waals surface area contributed by atoms with E-state index in [1.807, 2.05) is 6.92 Å². The summed E-state index contributed by atoms with van der Waals surface area (Å²) in [6.45, 7) is 5.16. The zero-order chi connectivity index (χ0) is 20.5. The Kier molecular flexibility index (Phi) is 8.57. The Hall–Kier alpha value is -2.28. The molecular weight excluding hydrogens is 382 g/mol. The molecule has 154 valence electrons. The Morgan fingerprint density at radius 3 is 2.36 bits per heavy atom. The Morgan fingerprint density at radius 2 is 1.75 bits per heavy atom. The van der Waals surface area contributed by atoms with Crippen LogP contribution in [0.1, 0.15) is 39.5 Å². The van der Waals surface area contributed by atoms with Crippen LogP contribution in [0.15, 0.2) is 24.3 Å². The maximum Gasteiger partial charge on any atom is 0.409 e. The van der Waals surface area contributed by atoms with Gasteiger partial charge in [-0.15, -0.1) is 0 Å². The van der Waals surface area contributed by atoms with Crippen LogP contribution in [0.3, 0.4) is 0 Å². The molecular formula is C20H28ClN3O4. The molecule has 2 N–H and O–H groups in total. The summed E-state index contributed by atoms with van der Waals surface area (Å²) in [5.41, 5.74) is 0.680. The largest absolute Gasteiger partial charge is 0.450 e. The zero-order valence-corrected chi connectivity index (χ0v) is 17.1. The molecule has 0 bridgehead atoms. The number of benzene rings is 1. The van der Waals surface area contributed by atoms with Crippen LogP contribution in [0.25, 0.3) is 0 Å². The number of amides is 3. The highest BCUT2D eigenvalue weighted by molar-refractivity contribution is 6.30. The van der Waals surface area contributed by atoms with Gasteiger partial charge < -0.3 is 20.3 Å². The Balaban J connectivity index is 1.67. The number of halogens is 1. The van der Waals surface area contributed by atoms with Crippen molar-refractivity contribution in [3.8, 4) is 0 Å². The van der Waals surface area contributed by atoms with E-state index in [4.69, 9.17) is 16.3 Å². The average molecular weight is 410 g/mol. The van der Waals surface area contributed by atoms with Gasteiger partial charge in [-0.05, 0) is 49.9 Å². The van der Waals surface area contributed by atoms with Crippen molar-refractivity contribution in [1.82, 2.24) is 10.2 Å². The Labute approximate surface area is 170 Å². The van der Waals surface area contributed by atoms with E-state index in [-0.39, 0.29) is 42.7 Å². The molecule has 0 saturated carbocycles. The van der Waals surface area contributed by atoms with E-state index >= 15 is 0 Å². The number of ether oxygens (including phenoxy) is 1. The van der Waals surface area contributed by atoms with Crippen molar-refractivity contribution in [2.75, 3.05) is 25.0 Å². The zero-order valence-electron chi connectivity index (χ0n) is 16.4. The van der Waals surface area contributed by atoms with Gasteiger partial charge in [0, 0.05) is 42.7 Å². The fourth-order valence-electron chi connectivity index (χ4n) is 3.16. The molecule has 0 radical (unpaired) electrons. The van der Waals surface area contributed by atoms with Crippen LogP contribution in [-0.4, -0.2) is 48.5 Å². The minimum absolute atomic E-state index is 0.0493. The SMILES string of the molecule is CCOC(=O)N1CCC(NC(=O)C[C@H](C)CC(=O)Nc2ccc(Cl)cc2)CC1. The number of nitrogens with one attached hydrogen (secondary N) is 2. The lowest BCUT2D eigenvalue weighted by Gasteiger charge is -2.31. The topological polar surface area (TPSA) is 87.7 Å². The van der Waals surface area contributed by atoms with Gasteiger partial charge in [-0.3, -0.25) is 9.59 Å². The van der Waals surface area contributed by atoms with Crippen LogP contribution in [0.5, 0.6) is 0 Å². The molecule has 1 aliphatic rings. The lowest BCUT2D eigenvalue weighted by molar-refractivity contribution is -0.123. The number of likely N-dealkylation sites (tertiary alicyclic amines) is 1. The third-order valence-corrected chi connectivity index (χ3v) is 4.83. The van der Waals surface area contributed by atoms with Gasteiger partial charge in [0.25, 0.3) is 0 Å². The smallest absolute Gasteiger partial charge is 0.409 e. The van der Waals surface area contributed by atoms with Crippen molar-refractivity contribution in [1.29, 1.82) is 0 Å². The van der Waals surface area contributed by atoms with Crippen molar-refractivity contribution in [3.05, 3.63) is 29.3 Å². The average Bonchev–Trinajstić information content (AvgIpc) is 2.64. The second-order valence-corrected chi connectivity index (χ2v) is 7.53. The first-order chi connectivity index (χ1) is 13.4.